The second-order valence-electron chi connectivity index (χ2n) is 4.19. The summed E-state index contributed by atoms with van der Waals surface area (Å²) in [5, 5.41) is 9.68. The molecule has 0 radical (unpaired) electrons. The van der Waals surface area contributed by atoms with Gasteiger partial charge in [0.25, 0.3) is 0 Å². The summed E-state index contributed by atoms with van der Waals surface area (Å²) in [6.07, 6.45) is 3.75. The number of likely N-dealkylation sites (tertiary alicyclic amines) is 1. The molecule has 2 aliphatic rings. The highest BCUT2D eigenvalue weighted by atomic mass is 16.3. The van der Waals surface area contributed by atoms with Crippen molar-refractivity contribution in [2.75, 3.05) is 19.6 Å². The van der Waals surface area contributed by atoms with Gasteiger partial charge in [0.1, 0.15) is 0 Å². The maximum absolute atomic E-state index is 9.68. The van der Waals surface area contributed by atoms with E-state index in [0.717, 1.165) is 25.4 Å². The number of β-amino-alcohol motifs (C(OH)–C–C–N with tert-alkyl or cyclic N) is 1. The number of hydrogen-bond donors (Lipinski definition) is 1. The third kappa shape index (κ3) is 1.57. The SMILES string of the molecule is CCC1(O)CN(CC2CC2)C1. The first-order valence-electron chi connectivity index (χ1n) is 4.66. The second-order valence-corrected chi connectivity index (χ2v) is 4.19. The Labute approximate surface area is 68.2 Å². The molecule has 64 valence electrons. The molecule has 0 aromatic heterocycles. The maximum Gasteiger partial charge on any atom is 0.0897 e. The van der Waals surface area contributed by atoms with E-state index in [1.807, 2.05) is 0 Å². The van der Waals surface area contributed by atoms with Crippen LogP contribution in [-0.4, -0.2) is 35.2 Å². The van der Waals surface area contributed by atoms with Crippen LogP contribution >= 0.6 is 0 Å². The normalized spacial score (nSPS) is 30.0. The topological polar surface area (TPSA) is 23.5 Å². The smallest absolute Gasteiger partial charge is 0.0897 e. The molecule has 0 aromatic rings. The fourth-order valence-electron chi connectivity index (χ4n) is 1.80. The van der Waals surface area contributed by atoms with Crippen molar-refractivity contribution in [3.63, 3.8) is 0 Å². The van der Waals surface area contributed by atoms with E-state index >= 15 is 0 Å². The lowest BCUT2D eigenvalue weighted by Gasteiger charge is -2.46. The lowest BCUT2D eigenvalue weighted by Crippen LogP contribution is -2.61. The van der Waals surface area contributed by atoms with E-state index in [2.05, 4.69) is 11.8 Å². The van der Waals surface area contributed by atoms with Gasteiger partial charge in [0.15, 0.2) is 0 Å². The van der Waals surface area contributed by atoms with Gasteiger partial charge in [-0.1, -0.05) is 6.92 Å². The van der Waals surface area contributed by atoms with Gasteiger partial charge in [-0.25, -0.2) is 0 Å². The molecule has 0 unspecified atom stereocenters. The van der Waals surface area contributed by atoms with Gasteiger partial charge in [0.05, 0.1) is 5.60 Å². The minimum absolute atomic E-state index is 0.325. The summed E-state index contributed by atoms with van der Waals surface area (Å²) in [5.41, 5.74) is -0.325. The first kappa shape index (κ1) is 7.56. The fourth-order valence-corrected chi connectivity index (χ4v) is 1.80. The van der Waals surface area contributed by atoms with E-state index in [-0.39, 0.29) is 5.60 Å². The molecule has 2 heteroatoms. The Bertz CT molecular complexity index is 148. The van der Waals surface area contributed by atoms with Crippen LogP contribution in [-0.2, 0) is 0 Å². The molecule has 0 amide bonds. The fraction of sp³-hybridized carbons (Fsp3) is 1.00. The zero-order valence-electron chi connectivity index (χ0n) is 7.21. The van der Waals surface area contributed by atoms with E-state index in [9.17, 15) is 5.11 Å². The summed E-state index contributed by atoms with van der Waals surface area (Å²) in [6.45, 7) is 5.14. The Hall–Kier alpha value is -0.0800. The van der Waals surface area contributed by atoms with Crippen molar-refractivity contribution < 1.29 is 5.11 Å². The molecule has 2 nitrogen and oxygen atoms in total. The first-order chi connectivity index (χ1) is 5.22. The van der Waals surface area contributed by atoms with E-state index in [1.54, 1.807) is 0 Å². The van der Waals surface area contributed by atoms with Gasteiger partial charge in [0.2, 0.25) is 0 Å². The Morgan fingerprint density at radius 3 is 2.55 bits per heavy atom. The van der Waals surface area contributed by atoms with Crippen LogP contribution in [0.3, 0.4) is 0 Å². The second kappa shape index (κ2) is 2.46. The van der Waals surface area contributed by atoms with E-state index in [4.69, 9.17) is 0 Å². The van der Waals surface area contributed by atoms with Crippen molar-refractivity contribution in [1.29, 1.82) is 0 Å². The molecular weight excluding hydrogens is 138 g/mol. The average molecular weight is 155 g/mol. The first-order valence-corrected chi connectivity index (χ1v) is 4.66. The summed E-state index contributed by atoms with van der Waals surface area (Å²) >= 11 is 0. The predicted octanol–water partition coefficient (Wildman–Crippen LogP) is 0.853. The summed E-state index contributed by atoms with van der Waals surface area (Å²) in [5.74, 6) is 0.969. The lowest BCUT2D eigenvalue weighted by molar-refractivity contribution is -0.101. The third-order valence-electron chi connectivity index (χ3n) is 2.91. The molecule has 11 heavy (non-hydrogen) atoms. The highest BCUT2D eigenvalue weighted by Gasteiger charge is 2.41. The van der Waals surface area contributed by atoms with Crippen molar-refractivity contribution in [2.24, 2.45) is 5.92 Å². The van der Waals surface area contributed by atoms with E-state index in [1.165, 1.54) is 19.4 Å². The Kier molecular flexibility index (Phi) is 1.69. The molecule has 1 heterocycles. The van der Waals surface area contributed by atoms with E-state index < -0.39 is 0 Å². The minimum Gasteiger partial charge on any atom is -0.387 e. The van der Waals surface area contributed by atoms with Crippen molar-refractivity contribution in [3.05, 3.63) is 0 Å². The largest absolute Gasteiger partial charge is 0.387 e. The standard InChI is InChI=1S/C9H17NO/c1-2-9(11)6-10(7-9)5-8-3-4-8/h8,11H,2-7H2,1H3. The monoisotopic (exact) mass is 155 g/mol. The van der Waals surface area contributed by atoms with Crippen molar-refractivity contribution in [2.45, 2.75) is 31.8 Å². The number of nitrogens with zero attached hydrogens (tertiary/aromatic N) is 1. The highest BCUT2D eigenvalue weighted by Crippen LogP contribution is 2.33. The molecular formula is C9H17NO. The van der Waals surface area contributed by atoms with Crippen LogP contribution in [0.5, 0.6) is 0 Å². The Balaban J connectivity index is 1.69. The van der Waals surface area contributed by atoms with Crippen LogP contribution in [0.1, 0.15) is 26.2 Å². The zero-order chi connectivity index (χ0) is 7.90. The van der Waals surface area contributed by atoms with Crippen LogP contribution in [0.4, 0.5) is 0 Å². The van der Waals surface area contributed by atoms with Crippen LogP contribution < -0.4 is 0 Å². The summed E-state index contributed by atoms with van der Waals surface area (Å²) in [4.78, 5) is 2.38. The molecule has 1 aliphatic heterocycles. The van der Waals surface area contributed by atoms with Gasteiger partial charge in [-0.3, -0.25) is 4.90 Å². The molecule has 0 aromatic carbocycles. The summed E-state index contributed by atoms with van der Waals surface area (Å²) in [6, 6.07) is 0. The number of hydrogen-bond acceptors (Lipinski definition) is 2. The van der Waals surface area contributed by atoms with Gasteiger partial charge in [-0.05, 0) is 25.2 Å². The van der Waals surface area contributed by atoms with Crippen LogP contribution in [0.2, 0.25) is 0 Å². The average Bonchev–Trinajstić information content (AvgIpc) is 2.68. The summed E-state index contributed by atoms with van der Waals surface area (Å²) < 4.78 is 0. The molecule has 1 N–H and O–H groups in total. The minimum atomic E-state index is -0.325. The van der Waals surface area contributed by atoms with Gasteiger partial charge < -0.3 is 5.11 Å². The highest BCUT2D eigenvalue weighted by molar-refractivity contribution is 4.96. The van der Waals surface area contributed by atoms with Gasteiger partial charge >= 0.3 is 0 Å². The molecule has 0 atom stereocenters. The maximum atomic E-state index is 9.68. The Morgan fingerprint density at radius 2 is 2.09 bits per heavy atom. The molecule has 0 bridgehead atoms. The third-order valence-corrected chi connectivity index (χ3v) is 2.91. The van der Waals surface area contributed by atoms with Crippen molar-refractivity contribution in [1.82, 2.24) is 4.90 Å². The summed E-state index contributed by atoms with van der Waals surface area (Å²) in [7, 11) is 0. The molecule has 1 saturated carbocycles. The molecule has 1 aliphatic carbocycles. The molecule has 2 rings (SSSR count). The van der Waals surface area contributed by atoms with Crippen molar-refractivity contribution in [3.8, 4) is 0 Å². The van der Waals surface area contributed by atoms with Gasteiger partial charge in [-0.2, -0.15) is 0 Å². The van der Waals surface area contributed by atoms with E-state index in [0.29, 0.717) is 0 Å². The van der Waals surface area contributed by atoms with Crippen molar-refractivity contribution >= 4 is 0 Å². The quantitative estimate of drug-likeness (QED) is 0.653. The number of aliphatic hydroxyl groups is 1. The van der Waals surface area contributed by atoms with Crippen LogP contribution in [0.25, 0.3) is 0 Å². The molecule has 1 saturated heterocycles. The zero-order valence-corrected chi connectivity index (χ0v) is 7.21. The van der Waals surface area contributed by atoms with Crippen LogP contribution in [0.15, 0.2) is 0 Å². The predicted molar refractivity (Wildman–Crippen MR) is 44.4 cm³/mol. The molecule has 0 spiro atoms. The number of rotatable bonds is 3. The van der Waals surface area contributed by atoms with Crippen LogP contribution in [0, 0.1) is 5.92 Å². The Morgan fingerprint density at radius 1 is 1.45 bits per heavy atom. The van der Waals surface area contributed by atoms with Gasteiger partial charge in [0, 0.05) is 19.6 Å². The van der Waals surface area contributed by atoms with Gasteiger partial charge in [-0.15, -0.1) is 0 Å². The molecule has 2 fully saturated rings. The lowest BCUT2D eigenvalue weighted by atomic mass is 9.91.